The van der Waals surface area contributed by atoms with E-state index in [0.29, 0.717) is 45.8 Å². The second kappa shape index (κ2) is 8.66. The number of sulfonamides is 1. The Labute approximate surface area is 160 Å². The number of nitrogens with two attached hydrogens (primary N) is 1. The van der Waals surface area contributed by atoms with Gasteiger partial charge in [-0.25, -0.2) is 13.6 Å². The van der Waals surface area contributed by atoms with Gasteiger partial charge in [-0.15, -0.1) is 0 Å². The highest BCUT2D eigenvalue weighted by Gasteiger charge is 2.40. The summed E-state index contributed by atoms with van der Waals surface area (Å²) in [7, 11) is -3.65. The van der Waals surface area contributed by atoms with E-state index in [2.05, 4.69) is 5.32 Å². The van der Waals surface area contributed by atoms with E-state index < -0.39 is 15.8 Å². The summed E-state index contributed by atoms with van der Waals surface area (Å²) in [4.78, 5) is 14.3. The van der Waals surface area contributed by atoms with Crippen molar-refractivity contribution >= 4 is 15.9 Å². The number of carbonyl (C=O) groups is 1. The summed E-state index contributed by atoms with van der Waals surface area (Å²) in [6, 6.07) is 6.52. The van der Waals surface area contributed by atoms with Crippen LogP contribution in [0, 0.1) is 0 Å². The molecule has 1 aromatic carbocycles. The molecule has 0 bridgehead atoms. The quantitative estimate of drug-likeness (QED) is 0.637. The minimum Gasteiger partial charge on any atom is -0.347 e. The van der Waals surface area contributed by atoms with Gasteiger partial charge in [-0.3, -0.25) is 4.79 Å². The fourth-order valence-electron chi connectivity index (χ4n) is 3.44. The molecule has 0 aromatic heterocycles. The average Bonchev–Trinajstić information content (AvgIpc) is 3.09. The van der Waals surface area contributed by atoms with E-state index in [9.17, 15) is 13.2 Å². The van der Waals surface area contributed by atoms with Crippen LogP contribution in [-0.4, -0.2) is 64.4 Å². The molecular weight excluding hydrogens is 370 g/mol. The number of amides is 1. The van der Waals surface area contributed by atoms with Crippen LogP contribution in [0.4, 0.5) is 0 Å². The SMILES string of the molecule is NS(=O)(=O)c1ccc(CCNCCC(=O)N2CCC3(CC2)OCCO3)cc1. The molecule has 27 heavy (non-hydrogen) atoms. The van der Waals surface area contributed by atoms with Crippen LogP contribution in [0.15, 0.2) is 29.2 Å². The summed E-state index contributed by atoms with van der Waals surface area (Å²) in [5, 5.41) is 8.34. The summed E-state index contributed by atoms with van der Waals surface area (Å²) in [6.07, 6.45) is 2.68. The third-order valence-electron chi connectivity index (χ3n) is 5.05. The number of hydrogen-bond acceptors (Lipinski definition) is 6. The number of nitrogens with zero attached hydrogens (tertiary/aromatic N) is 1. The van der Waals surface area contributed by atoms with E-state index in [1.165, 1.54) is 12.1 Å². The molecule has 0 saturated carbocycles. The standard InChI is InChI=1S/C18H27N3O5S/c19-27(23,24)16-3-1-15(2-4-16)5-9-20-10-6-17(22)21-11-7-18(8-12-21)25-13-14-26-18/h1-4,20H,5-14H2,(H2,19,23,24). The molecule has 1 amide bonds. The maximum absolute atomic E-state index is 12.3. The predicted octanol–water partition coefficient (Wildman–Crippen LogP) is 0.222. The van der Waals surface area contributed by atoms with Crippen LogP contribution in [0.2, 0.25) is 0 Å². The van der Waals surface area contributed by atoms with Gasteiger partial charge in [0.1, 0.15) is 0 Å². The Hall–Kier alpha value is -1.52. The van der Waals surface area contributed by atoms with Crippen molar-refractivity contribution in [3.63, 3.8) is 0 Å². The number of hydrogen-bond donors (Lipinski definition) is 2. The highest BCUT2D eigenvalue weighted by Crippen LogP contribution is 2.31. The molecule has 3 N–H and O–H groups in total. The molecule has 0 radical (unpaired) electrons. The van der Waals surface area contributed by atoms with Crippen LogP contribution < -0.4 is 10.5 Å². The molecule has 1 aromatic rings. The fraction of sp³-hybridized carbons (Fsp3) is 0.611. The van der Waals surface area contributed by atoms with Gasteiger partial charge in [0.2, 0.25) is 15.9 Å². The summed E-state index contributed by atoms with van der Waals surface area (Å²) >= 11 is 0. The largest absolute Gasteiger partial charge is 0.347 e. The predicted molar refractivity (Wildman–Crippen MR) is 99.5 cm³/mol. The number of benzene rings is 1. The summed E-state index contributed by atoms with van der Waals surface area (Å²) in [6.45, 7) is 3.96. The number of ether oxygens (including phenoxy) is 2. The van der Waals surface area contributed by atoms with Gasteiger partial charge in [-0.05, 0) is 30.7 Å². The van der Waals surface area contributed by atoms with Gasteiger partial charge in [-0.2, -0.15) is 0 Å². The molecule has 2 aliphatic rings. The lowest BCUT2D eigenvalue weighted by atomic mass is 10.0. The Morgan fingerprint density at radius 3 is 2.33 bits per heavy atom. The number of rotatable bonds is 7. The van der Waals surface area contributed by atoms with Crippen LogP contribution in [0.25, 0.3) is 0 Å². The van der Waals surface area contributed by atoms with Crippen molar-refractivity contribution in [2.24, 2.45) is 5.14 Å². The average molecular weight is 397 g/mol. The zero-order valence-corrected chi connectivity index (χ0v) is 16.2. The maximum Gasteiger partial charge on any atom is 0.238 e. The first kappa shape index (κ1) is 20.2. The molecule has 0 atom stereocenters. The monoisotopic (exact) mass is 397 g/mol. The molecular formula is C18H27N3O5S. The minimum absolute atomic E-state index is 0.113. The van der Waals surface area contributed by atoms with E-state index in [-0.39, 0.29) is 10.8 Å². The first-order valence-electron chi connectivity index (χ1n) is 9.26. The van der Waals surface area contributed by atoms with Gasteiger partial charge < -0.3 is 19.7 Å². The van der Waals surface area contributed by atoms with Crippen molar-refractivity contribution in [1.29, 1.82) is 0 Å². The van der Waals surface area contributed by atoms with E-state index in [1.807, 2.05) is 4.90 Å². The van der Waals surface area contributed by atoms with Crippen molar-refractivity contribution in [2.75, 3.05) is 39.4 Å². The third-order valence-corrected chi connectivity index (χ3v) is 5.98. The Kier molecular flexibility index (Phi) is 6.48. The van der Waals surface area contributed by atoms with Gasteiger partial charge in [0.15, 0.2) is 5.79 Å². The number of carbonyl (C=O) groups excluding carboxylic acids is 1. The Balaban J connectivity index is 1.31. The molecule has 3 rings (SSSR count). The smallest absolute Gasteiger partial charge is 0.238 e. The van der Waals surface area contributed by atoms with E-state index in [1.54, 1.807) is 12.1 Å². The molecule has 9 heteroatoms. The normalized spacial score (nSPS) is 19.5. The van der Waals surface area contributed by atoms with E-state index in [4.69, 9.17) is 14.6 Å². The topological polar surface area (TPSA) is 111 Å². The zero-order valence-electron chi connectivity index (χ0n) is 15.4. The van der Waals surface area contributed by atoms with Crippen molar-refractivity contribution in [1.82, 2.24) is 10.2 Å². The van der Waals surface area contributed by atoms with E-state index in [0.717, 1.165) is 24.8 Å². The van der Waals surface area contributed by atoms with Crippen molar-refractivity contribution < 1.29 is 22.7 Å². The third kappa shape index (κ3) is 5.49. The Morgan fingerprint density at radius 2 is 1.74 bits per heavy atom. The second-order valence-electron chi connectivity index (χ2n) is 6.93. The summed E-state index contributed by atoms with van der Waals surface area (Å²) in [5.74, 6) is -0.304. The van der Waals surface area contributed by atoms with E-state index >= 15 is 0 Å². The molecule has 0 aliphatic carbocycles. The Morgan fingerprint density at radius 1 is 1.11 bits per heavy atom. The molecule has 2 aliphatic heterocycles. The summed E-state index contributed by atoms with van der Waals surface area (Å²) < 4.78 is 33.8. The number of nitrogens with one attached hydrogen (secondary N) is 1. The lowest BCUT2D eigenvalue weighted by Crippen LogP contribution is -2.47. The number of piperidine rings is 1. The maximum atomic E-state index is 12.3. The van der Waals surface area contributed by atoms with Gasteiger partial charge in [0.05, 0.1) is 18.1 Å². The molecule has 1 spiro atoms. The molecule has 2 fully saturated rings. The van der Waals surface area contributed by atoms with Crippen molar-refractivity contribution in [3.05, 3.63) is 29.8 Å². The fourth-order valence-corrected chi connectivity index (χ4v) is 3.95. The van der Waals surface area contributed by atoms with Crippen LogP contribution in [0.1, 0.15) is 24.8 Å². The van der Waals surface area contributed by atoms with Crippen LogP contribution in [0.5, 0.6) is 0 Å². The second-order valence-corrected chi connectivity index (χ2v) is 8.49. The molecule has 150 valence electrons. The van der Waals surface area contributed by atoms with Crippen molar-refractivity contribution in [2.45, 2.75) is 36.4 Å². The first-order chi connectivity index (χ1) is 12.9. The van der Waals surface area contributed by atoms with Crippen LogP contribution in [0.3, 0.4) is 0 Å². The van der Waals surface area contributed by atoms with Crippen molar-refractivity contribution in [3.8, 4) is 0 Å². The van der Waals surface area contributed by atoms with Gasteiger partial charge in [-0.1, -0.05) is 12.1 Å². The van der Waals surface area contributed by atoms with Crippen LogP contribution in [-0.2, 0) is 30.7 Å². The lowest BCUT2D eigenvalue weighted by molar-refractivity contribution is -0.187. The number of primary sulfonamides is 1. The lowest BCUT2D eigenvalue weighted by Gasteiger charge is -2.37. The number of likely N-dealkylation sites (tertiary alicyclic amines) is 1. The Bertz CT molecular complexity index is 735. The van der Waals surface area contributed by atoms with Gasteiger partial charge >= 0.3 is 0 Å². The molecule has 2 saturated heterocycles. The zero-order chi connectivity index (χ0) is 19.3. The van der Waals surface area contributed by atoms with Crippen LogP contribution >= 0.6 is 0 Å². The molecule has 8 nitrogen and oxygen atoms in total. The first-order valence-corrected chi connectivity index (χ1v) is 10.8. The van der Waals surface area contributed by atoms with Gasteiger partial charge in [0, 0.05) is 38.9 Å². The summed E-state index contributed by atoms with van der Waals surface area (Å²) in [5.41, 5.74) is 1.01. The highest BCUT2D eigenvalue weighted by atomic mass is 32.2. The molecule has 0 unspecified atom stereocenters. The molecule has 2 heterocycles. The highest BCUT2D eigenvalue weighted by molar-refractivity contribution is 7.89. The van der Waals surface area contributed by atoms with Gasteiger partial charge in [0.25, 0.3) is 0 Å². The minimum atomic E-state index is -3.65.